The van der Waals surface area contributed by atoms with Crippen LogP contribution in [0.1, 0.15) is 77.3 Å². The monoisotopic (exact) mass is 372 g/mol. The Morgan fingerprint density at radius 2 is 1.85 bits per heavy atom. The van der Waals surface area contributed by atoms with Crippen molar-refractivity contribution in [1.29, 1.82) is 0 Å². The van der Waals surface area contributed by atoms with Gasteiger partial charge in [-0.15, -0.1) is 0 Å². The molecule has 1 aromatic carbocycles. The lowest BCUT2D eigenvalue weighted by atomic mass is 9.66. The summed E-state index contributed by atoms with van der Waals surface area (Å²) in [6, 6.07) is 8.74. The molecule has 1 amide bonds. The molecule has 0 radical (unpaired) electrons. The quantitative estimate of drug-likeness (QED) is 0.798. The Bertz CT molecular complexity index is 626. The highest BCUT2D eigenvalue weighted by Gasteiger charge is 2.49. The highest BCUT2D eigenvalue weighted by Crippen LogP contribution is 2.49. The summed E-state index contributed by atoms with van der Waals surface area (Å²) in [7, 11) is 0. The maximum atomic E-state index is 12.9. The Morgan fingerprint density at radius 1 is 1.15 bits per heavy atom. The fourth-order valence-corrected chi connectivity index (χ4v) is 5.20. The van der Waals surface area contributed by atoms with Gasteiger partial charge in [-0.25, -0.2) is 0 Å². The molecule has 0 unspecified atom stereocenters. The van der Waals surface area contributed by atoms with Gasteiger partial charge in [-0.05, 0) is 57.2 Å². The van der Waals surface area contributed by atoms with Crippen LogP contribution >= 0.6 is 0 Å². The number of rotatable bonds is 6. The Labute approximate surface area is 164 Å². The highest BCUT2D eigenvalue weighted by atomic mass is 16.3. The van der Waals surface area contributed by atoms with Crippen LogP contribution in [0.2, 0.25) is 0 Å². The summed E-state index contributed by atoms with van der Waals surface area (Å²) >= 11 is 0. The van der Waals surface area contributed by atoms with Crippen LogP contribution in [-0.4, -0.2) is 41.1 Å². The lowest BCUT2D eigenvalue weighted by molar-refractivity contribution is -0.155. The summed E-state index contributed by atoms with van der Waals surface area (Å²) in [6.45, 7) is 9.06. The van der Waals surface area contributed by atoms with Crippen LogP contribution in [0.3, 0.4) is 0 Å². The molecular weight excluding hydrogens is 336 g/mol. The number of piperidine rings is 1. The van der Waals surface area contributed by atoms with Crippen molar-refractivity contribution in [2.24, 2.45) is 5.92 Å². The number of carbonyl (C=O) groups excluding carboxylic acids is 1. The van der Waals surface area contributed by atoms with E-state index in [1.54, 1.807) is 0 Å². The zero-order valence-electron chi connectivity index (χ0n) is 17.3. The van der Waals surface area contributed by atoms with E-state index in [-0.39, 0.29) is 17.9 Å². The minimum Gasteiger partial charge on any atom is -0.389 e. The lowest BCUT2D eigenvalue weighted by Gasteiger charge is -2.52. The van der Waals surface area contributed by atoms with Crippen LogP contribution in [0.4, 0.5) is 5.69 Å². The molecule has 4 heteroatoms. The standard InChI is InChI=1S/C23H36N2O2/c1-4-9-21(26)25-17-16-23(27)15-8-7-10-20(23)22(25)18-11-13-19(14-12-18)24(5-2)6-3/h11-14,20,22,27H,4-10,15-17H2,1-3H3/t20-,22-,23-/m1/s1. The third kappa shape index (κ3) is 4.01. The van der Waals surface area contributed by atoms with Crippen molar-refractivity contribution < 1.29 is 9.90 Å². The number of aliphatic hydroxyl groups is 1. The van der Waals surface area contributed by atoms with Crippen LogP contribution in [-0.2, 0) is 4.79 Å². The first-order valence-electron chi connectivity index (χ1n) is 10.9. The average molecular weight is 373 g/mol. The van der Waals surface area contributed by atoms with Gasteiger partial charge in [-0.1, -0.05) is 31.9 Å². The molecule has 1 heterocycles. The molecule has 27 heavy (non-hydrogen) atoms. The van der Waals surface area contributed by atoms with Crippen molar-refractivity contribution in [3.05, 3.63) is 29.8 Å². The molecule has 0 spiro atoms. The molecule has 0 bridgehead atoms. The largest absolute Gasteiger partial charge is 0.389 e. The maximum absolute atomic E-state index is 12.9. The van der Waals surface area contributed by atoms with Crippen LogP contribution in [0.25, 0.3) is 0 Å². The molecule has 1 N–H and O–H groups in total. The molecule has 3 rings (SSSR count). The second-order valence-corrected chi connectivity index (χ2v) is 8.25. The molecule has 2 fully saturated rings. The molecule has 1 saturated carbocycles. The highest BCUT2D eigenvalue weighted by molar-refractivity contribution is 5.77. The number of carbonyl (C=O) groups is 1. The summed E-state index contributed by atoms with van der Waals surface area (Å²) in [5, 5.41) is 11.3. The second-order valence-electron chi connectivity index (χ2n) is 8.25. The van der Waals surface area contributed by atoms with Gasteiger partial charge >= 0.3 is 0 Å². The topological polar surface area (TPSA) is 43.8 Å². The van der Waals surface area contributed by atoms with Gasteiger partial charge in [0.2, 0.25) is 5.91 Å². The molecule has 1 saturated heterocycles. The predicted molar refractivity (Wildman–Crippen MR) is 111 cm³/mol. The normalized spacial score (nSPS) is 27.9. The number of likely N-dealkylation sites (tertiary alicyclic amines) is 1. The fourth-order valence-electron chi connectivity index (χ4n) is 5.20. The van der Waals surface area contributed by atoms with Crippen molar-refractivity contribution in [2.75, 3.05) is 24.5 Å². The number of hydrogen-bond acceptors (Lipinski definition) is 3. The van der Waals surface area contributed by atoms with Gasteiger partial charge in [-0.3, -0.25) is 4.79 Å². The van der Waals surface area contributed by atoms with E-state index < -0.39 is 5.60 Å². The number of fused-ring (bicyclic) bond motifs is 1. The Balaban J connectivity index is 1.93. The summed E-state index contributed by atoms with van der Waals surface area (Å²) in [5.74, 6) is 0.392. The smallest absolute Gasteiger partial charge is 0.223 e. The maximum Gasteiger partial charge on any atom is 0.223 e. The number of anilines is 1. The number of nitrogens with zero attached hydrogens (tertiary/aromatic N) is 2. The van der Waals surface area contributed by atoms with Gasteiger partial charge in [0.25, 0.3) is 0 Å². The van der Waals surface area contributed by atoms with E-state index >= 15 is 0 Å². The average Bonchev–Trinajstić information content (AvgIpc) is 2.68. The summed E-state index contributed by atoms with van der Waals surface area (Å²) in [4.78, 5) is 17.3. The first-order valence-corrected chi connectivity index (χ1v) is 10.9. The summed E-state index contributed by atoms with van der Waals surface area (Å²) in [6.07, 6.45) is 6.33. The number of hydrogen-bond donors (Lipinski definition) is 1. The SMILES string of the molecule is CCCC(=O)N1CC[C@]2(O)CCCC[C@@H]2[C@H]1c1ccc(N(CC)CC)cc1. The molecule has 1 aliphatic heterocycles. The van der Waals surface area contributed by atoms with Crippen LogP contribution in [0.15, 0.2) is 24.3 Å². The fraction of sp³-hybridized carbons (Fsp3) is 0.696. The van der Waals surface area contributed by atoms with Crippen LogP contribution < -0.4 is 4.90 Å². The summed E-state index contributed by atoms with van der Waals surface area (Å²) in [5.41, 5.74) is 1.80. The van der Waals surface area contributed by atoms with E-state index in [2.05, 4.69) is 54.8 Å². The van der Waals surface area contributed by atoms with E-state index in [4.69, 9.17) is 0 Å². The van der Waals surface area contributed by atoms with Gasteiger partial charge in [0.1, 0.15) is 0 Å². The second kappa shape index (κ2) is 8.64. The van der Waals surface area contributed by atoms with Crippen molar-refractivity contribution >= 4 is 11.6 Å². The third-order valence-corrected chi connectivity index (χ3v) is 6.71. The van der Waals surface area contributed by atoms with E-state index in [9.17, 15) is 9.90 Å². The Morgan fingerprint density at radius 3 is 2.48 bits per heavy atom. The van der Waals surface area contributed by atoms with Crippen molar-refractivity contribution in [1.82, 2.24) is 4.90 Å². The first-order chi connectivity index (χ1) is 13.0. The Kier molecular flexibility index (Phi) is 6.46. The predicted octanol–water partition coefficient (Wildman–Crippen LogP) is 4.53. The molecule has 1 aromatic rings. The van der Waals surface area contributed by atoms with E-state index in [0.717, 1.165) is 51.6 Å². The first kappa shape index (κ1) is 20.2. The third-order valence-electron chi connectivity index (χ3n) is 6.71. The van der Waals surface area contributed by atoms with Gasteiger partial charge in [-0.2, -0.15) is 0 Å². The molecule has 3 atom stereocenters. The number of benzene rings is 1. The minimum absolute atomic E-state index is 0.00820. The molecule has 150 valence electrons. The van der Waals surface area contributed by atoms with Crippen molar-refractivity contribution in [3.8, 4) is 0 Å². The van der Waals surface area contributed by atoms with Crippen LogP contribution in [0.5, 0.6) is 0 Å². The minimum atomic E-state index is -0.608. The molecule has 0 aromatic heterocycles. The Hall–Kier alpha value is -1.55. The van der Waals surface area contributed by atoms with E-state index in [1.807, 2.05) is 0 Å². The molecule has 2 aliphatic rings. The van der Waals surface area contributed by atoms with E-state index in [0.29, 0.717) is 13.0 Å². The summed E-state index contributed by atoms with van der Waals surface area (Å²) < 4.78 is 0. The zero-order valence-corrected chi connectivity index (χ0v) is 17.3. The molecule has 4 nitrogen and oxygen atoms in total. The number of amides is 1. The van der Waals surface area contributed by atoms with Gasteiger partial charge < -0.3 is 14.9 Å². The zero-order chi connectivity index (χ0) is 19.4. The van der Waals surface area contributed by atoms with E-state index in [1.165, 1.54) is 11.3 Å². The molecular formula is C23H36N2O2. The lowest BCUT2D eigenvalue weighted by Crippen LogP contribution is -2.56. The van der Waals surface area contributed by atoms with Crippen molar-refractivity contribution in [3.63, 3.8) is 0 Å². The van der Waals surface area contributed by atoms with Crippen LogP contribution in [0, 0.1) is 5.92 Å². The molecule has 1 aliphatic carbocycles. The van der Waals surface area contributed by atoms with Gasteiger partial charge in [0.15, 0.2) is 0 Å². The van der Waals surface area contributed by atoms with Gasteiger partial charge in [0, 0.05) is 37.7 Å². The van der Waals surface area contributed by atoms with Crippen molar-refractivity contribution in [2.45, 2.75) is 77.4 Å². The van der Waals surface area contributed by atoms with Gasteiger partial charge in [0.05, 0.1) is 11.6 Å².